The Labute approximate surface area is 80.6 Å². The largest absolute Gasteiger partial charge is 0.331 e. The first kappa shape index (κ1) is 9.86. The maximum Gasteiger partial charge on any atom is 0.331 e. The number of oxime groups is 1. The zero-order chi connectivity index (χ0) is 10.4. The zero-order valence-electron chi connectivity index (χ0n) is 7.47. The second-order valence-corrected chi connectivity index (χ2v) is 2.40. The summed E-state index contributed by atoms with van der Waals surface area (Å²) in [7, 11) is 0. The molecular formula is C9H7N3O2. The van der Waals surface area contributed by atoms with E-state index in [1.165, 1.54) is 25.4 Å². The summed E-state index contributed by atoms with van der Waals surface area (Å²) in [5, 5.41) is 11.9. The van der Waals surface area contributed by atoms with E-state index < -0.39 is 5.97 Å². The van der Waals surface area contributed by atoms with Gasteiger partial charge in [-0.05, 0) is 12.1 Å². The average molecular weight is 189 g/mol. The van der Waals surface area contributed by atoms with Crippen LogP contribution in [0.25, 0.3) is 0 Å². The lowest BCUT2D eigenvalue weighted by Gasteiger charge is -1.92. The lowest BCUT2D eigenvalue weighted by Crippen LogP contribution is -1.93. The van der Waals surface area contributed by atoms with Crippen molar-refractivity contribution in [3.8, 4) is 6.07 Å². The third-order valence-electron chi connectivity index (χ3n) is 1.28. The van der Waals surface area contributed by atoms with Gasteiger partial charge in [0.1, 0.15) is 0 Å². The highest BCUT2D eigenvalue weighted by Crippen LogP contribution is 1.97. The summed E-state index contributed by atoms with van der Waals surface area (Å²) in [5.41, 5.74) is 0.939. The van der Waals surface area contributed by atoms with Crippen molar-refractivity contribution in [1.29, 1.82) is 5.26 Å². The van der Waals surface area contributed by atoms with E-state index in [9.17, 15) is 4.79 Å². The number of pyridine rings is 1. The van der Waals surface area contributed by atoms with E-state index in [4.69, 9.17) is 5.26 Å². The van der Waals surface area contributed by atoms with Crippen LogP contribution in [0.15, 0.2) is 23.5 Å². The van der Waals surface area contributed by atoms with Gasteiger partial charge >= 0.3 is 5.97 Å². The highest BCUT2D eigenvalue weighted by molar-refractivity contribution is 5.77. The van der Waals surface area contributed by atoms with Gasteiger partial charge in [-0.3, -0.25) is 4.98 Å². The van der Waals surface area contributed by atoms with Crippen LogP contribution in [0.3, 0.4) is 0 Å². The molecule has 0 aliphatic heterocycles. The summed E-state index contributed by atoms with van der Waals surface area (Å²) in [6.07, 6.45) is 2.75. The van der Waals surface area contributed by atoms with Crippen LogP contribution >= 0.6 is 0 Å². The van der Waals surface area contributed by atoms with Gasteiger partial charge in [-0.15, -0.1) is 0 Å². The number of nitriles is 1. The Bertz CT molecular complexity index is 407. The third-order valence-corrected chi connectivity index (χ3v) is 1.28. The first-order chi connectivity index (χ1) is 6.72. The lowest BCUT2D eigenvalue weighted by atomic mass is 10.2. The summed E-state index contributed by atoms with van der Waals surface area (Å²) < 4.78 is 0. The molecule has 0 saturated carbocycles. The van der Waals surface area contributed by atoms with E-state index in [1.54, 1.807) is 6.07 Å². The molecule has 0 saturated heterocycles. The van der Waals surface area contributed by atoms with Crippen LogP contribution in [0.1, 0.15) is 18.2 Å². The summed E-state index contributed by atoms with van der Waals surface area (Å²) in [4.78, 5) is 18.6. The fraction of sp³-hybridized carbons (Fsp3) is 0.111. The number of carbonyl (C=O) groups excluding carboxylic acids is 1. The Morgan fingerprint density at radius 3 is 3.21 bits per heavy atom. The SMILES string of the molecule is CC(=O)ON=Cc1cc(C#N)ccn1. The number of aromatic nitrogens is 1. The fourth-order valence-electron chi connectivity index (χ4n) is 0.743. The molecule has 70 valence electrons. The van der Waals surface area contributed by atoms with Crippen molar-refractivity contribution in [2.24, 2.45) is 5.16 Å². The second-order valence-electron chi connectivity index (χ2n) is 2.40. The van der Waals surface area contributed by atoms with Crippen molar-refractivity contribution in [3.63, 3.8) is 0 Å². The van der Waals surface area contributed by atoms with E-state index in [1.807, 2.05) is 6.07 Å². The molecule has 0 atom stereocenters. The van der Waals surface area contributed by atoms with Gasteiger partial charge in [0.15, 0.2) is 0 Å². The average Bonchev–Trinajstić information content (AvgIpc) is 2.18. The normalized spacial score (nSPS) is 9.71. The van der Waals surface area contributed by atoms with Gasteiger partial charge in [0.2, 0.25) is 0 Å². The van der Waals surface area contributed by atoms with Gasteiger partial charge in [0.25, 0.3) is 0 Å². The predicted octanol–water partition coefficient (Wildman–Crippen LogP) is 0.850. The molecule has 1 rings (SSSR count). The monoisotopic (exact) mass is 189 g/mol. The van der Waals surface area contributed by atoms with Crippen LogP contribution in [0.4, 0.5) is 0 Å². The number of hydrogen-bond donors (Lipinski definition) is 0. The van der Waals surface area contributed by atoms with E-state index in [0.29, 0.717) is 11.3 Å². The van der Waals surface area contributed by atoms with Crippen molar-refractivity contribution in [3.05, 3.63) is 29.6 Å². The highest BCUT2D eigenvalue weighted by Gasteiger charge is 1.93. The first-order valence-electron chi connectivity index (χ1n) is 3.79. The topological polar surface area (TPSA) is 75.3 Å². The molecule has 5 heteroatoms. The molecule has 0 amide bonds. The molecule has 0 N–H and O–H groups in total. The molecule has 0 aliphatic rings. The Balaban J connectivity index is 2.72. The summed E-state index contributed by atoms with van der Waals surface area (Å²) in [6.45, 7) is 1.25. The molecular weight excluding hydrogens is 182 g/mol. The van der Waals surface area contributed by atoms with Gasteiger partial charge in [0.05, 0.1) is 23.5 Å². The Hall–Kier alpha value is -2.22. The van der Waals surface area contributed by atoms with Crippen LogP contribution < -0.4 is 0 Å². The molecule has 0 spiro atoms. The van der Waals surface area contributed by atoms with Gasteiger partial charge in [-0.2, -0.15) is 5.26 Å². The fourth-order valence-corrected chi connectivity index (χ4v) is 0.743. The van der Waals surface area contributed by atoms with Crippen molar-refractivity contribution in [2.45, 2.75) is 6.92 Å². The lowest BCUT2D eigenvalue weighted by molar-refractivity contribution is -0.140. The first-order valence-corrected chi connectivity index (χ1v) is 3.79. The van der Waals surface area contributed by atoms with E-state index in [-0.39, 0.29) is 0 Å². The number of carbonyl (C=O) groups is 1. The molecule has 0 bridgehead atoms. The number of nitrogens with zero attached hydrogens (tertiary/aromatic N) is 3. The highest BCUT2D eigenvalue weighted by atomic mass is 16.7. The molecule has 1 heterocycles. The second kappa shape index (κ2) is 4.72. The van der Waals surface area contributed by atoms with Crippen LogP contribution in [0.2, 0.25) is 0 Å². The predicted molar refractivity (Wildman–Crippen MR) is 48.3 cm³/mol. The molecule has 0 radical (unpaired) electrons. The summed E-state index contributed by atoms with van der Waals surface area (Å²) in [6, 6.07) is 5.06. The van der Waals surface area contributed by atoms with E-state index >= 15 is 0 Å². The van der Waals surface area contributed by atoms with Crippen molar-refractivity contribution >= 4 is 12.2 Å². The Morgan fingerprint density at radius 1 is 1.79 bits per heavy atom. The van der Waals surface area contributed by atoms with Gasteiger partial charge in [-0.1, -0.05) is 5.16 Å². The van der Waals surface area contributed by atoms with Crippen molar-refractivity contribution in [2.75, 3.05) is 0 Å². The summed E-state index contributed by atoms with van der Waals surface area (Å²) in [5.74, 6) is -0.502. The molecule has 14 heavy (non-hydrogen) atoms. The maximum atomic E-state index is 10.3. The van der Waals surface area contributed by atoms with Crippen LogP contribution in [-0.2, 0) is 9.63 Å². The minimum atomic E-state index is -0.502. The summed E-state index contributed by atoms with van der Waals surface area (Å²) >= 11 is 0. The molecule has 1 aromatic rings. The van der Waals surface area contributed by atoms with Crippen LogP contribution in [0, 0.1) is 11.3 Å². The minimum absolute atomic E-state index is 0.463. The molecule has 0 aromatic carbocycles. The zero-order valence-corrected chi connectivity index (χ0v) is 7.47. The Kier molecular flexibility index (Phi) is 3.33. The molecule has 1 aromatic heterocycles. The van der Waals surface area contributed by atoms with Gasteiger partial charge in [0, 0.05) is 13.1 Å². The number of hydrogen-bond acceptors (Lipinski definition) is 5. The van der Waals surface area contributed by atoms with Crippen molar-refractivity contribution < 1.29 is 9.63 Å². The number of rotatable bonds is 2. The Morgan fingerprint density at radius 2 is 2.57 bits per heavy atom. The quantitative estimate of drug-likeness (QED) is 0.392. The van der Waals surface area contributed by atoms with Crippen LogP contribution in [0.5, 0.6) is 0 Å². The maximum absolute atomic E-state index is 10.3. The third kappa shape index (κ3) is 3.03. The molecule has 5 nitrogen and oxygen atoms in total. The van der Waals surface area contributed by atoms with E-state index in [2.05, 4.69) is 15.0 Å². The van der Waals surface area contributed by atoms with Crippen molar-refractivity contribution in [1.82, 2.24) is 4.98 Å². The standard InChI is InChI=1S/C9H7N3O2/c1-7(13)14-12-6-9-4-8(5-10)2-3-11-9/h2-4,6H,1H3. The van der Waals surface area contributed by atoms with Gasteiger partial charge < -0.3 is 4.84 Å². The molecule has 0 fully saturated rings. The van der Waals surface area contributed by atoms with Gasteiger partial charge in [-0.25, -0.2) is 4.79 Å². The molecule has 0 unspecified atom stereocenters. The smallest absolute Gasteiger partial charge is 0.319 e. The minimum Gasteiger partial charge on any atom is -0.319 e. The van der Waals surface area contributed by atoms with Crippen LogP contribution in [-0.4, -0.2) is 17.2 Å². The van der Waals surface area contributed by atoms with E-state index in [0.717, 1.165) is 0 Å². The molecule has 0 aliphatic carbocycles.